The lowest BCUT2D eigenvalue weighted by Crippen LogP contribution is -2.47. The minimum absolute atomic E-state index is 0.0484. The zero-order valence-electron chi connectivity index (χ0n) is 17.0. The van der Waals surface area contributed by atoms with Crippen LogP contribution in [0, 0.1) is 11.6 Å². The van der Waals surface area contributed by atoms with Crippen molar-refractivity contribution in [3.05, 3.63) is 101 Å². The highest BCUT2D eigenvalue weighted by molar-refractivity contribution is 5.72. The maximum Gasteiger partial charge on any atom is 0.209 e. The maximum atomic E-state index is 13.5. The van der Waals surface area contributed by atoms with Crippen molar-refractivity contribution in [1.82, 2.24) is 14.8 Å². The first-order valence-electron chi connectivity index (χ1n) is 10.5. The van der Waals surface area contributed by atoms with E-state index in [1.807, 2.05) is 48.5 Å². The highest BCUT2D eigenvalue weighted by Crippen LogP contribution is 2.30. The van der Waals surface area contributed by atoms with Crippen molar-refractivity contribution in [2.45, 2.75) is 12.6 Å². The maximum absolute atomic E-state index is 13.5. The van der Waals surface area contributed by atoms with Crippen LogP contribution < -0.4 is 0 Å². The van der Waals surface area contributed by atoms with Crippen LogP contribution in [0.3, 0.4) is 0 Å². The molecule has 31 heavy (non-hydrogen) atoms. The van der Waals surface area contributed by atoms with Gasteiger partial charge in [-0.1, -0.05) is 36.4 Å². The van der Waals surface area contributed by atoms with Gasteiger partial charge in [0.15, 0.2) is 5.58 Å². The van der Waals surface area contributed by atoms with Gasteiger partial charge in [-0.3, -0.25) is 9.80 Å². The summed E-state index contributed by atoms with van der Waals surface area (Å²) in [6.45, 7) is 4.05. The van der Waals surface area contributed by atoms with E-state index in [4.69, 9.17) is 4.42 Å². The summed E-state index contributed by atoms with van der Waals surface area (Å²) in [5.74, 6) is 0.206. The molecular formula is C25H23F2N3O. The molecule has 0 saturated carbocycles. The minimum Gasteiger partial charge on any atom is -0.439 e. The second-order valence-corrected chi connectivity index (χ2v) is 7.89. The second kappa shape index (κ2) is 8.57. The quantitative estimate of drug-likeness (QED) is 0.455. The fourth-order valence-electron chi connectivity index (χ4n) is 4.26. The van der Waals surface area contributed by atoms with Crippen molar-refractivity contribution in [2.24, 2.45) is 0 Å². The minimum atomic E-state index is -0.259. The Morgan fingerprint density at radius 1 is 0.774 bits per heavy atom. The summed E-state index contributed by atoms with van der Waals surface area (Å²) in [5, 5.41) is 0. The van der Waals surface area contributed by atoms with E-state index in [1.54, 1.807) is 0 Å². The Hall–Kier alpha value is -3.09. The third kappa shape index (κ3) is 4.36. The van der Waals surface area contributed by atoms with Gasteiger partial charge in [-0.15, -0.1) is 0 Å². The van der Waals surface area contributed by atoms with Gasteiger partial charge in [-0.2, -0.15) is 0 Å². The molecule has 0 radical (unpaired) electrons. The zero-order valence-corrected chi connectivity index (χ0v) is 17.0. The first-order valence-corrected chi connectivity index (χ1v) is 10.5. The Morgan fingerprint density at radius 3 is 1.94 bits per heavy atom. The van der Waals surface area contributed by atoms with Crippen LogP contribution in [-0.2, 0) is 6.54 Å². The standard InChI is InChI=1S/C25H23F2N3O/c26-20-9-5-18(6-10-20)25(19-7-11-21(27)12-8-19)30-15-13-29(14-16-30)17-24-28-22-3-1-2-4-23(22)31-24/h1-12,25H,13-17H2. The van der Waals surface area contributed by atoms with E-state index < -0.39 is 0 Å². The molecule has 6 heteroatoms. The van der Waals surface area contributed by atoms with Gasteiger partial charge in [0.25, 0.3) is 0 Å². The number of piperazine rings is 1. The van der Waals surface area contributed by atoms with E-state index >= 15 is 0 Å². The fraction of sp³-hybridized carbons (Fsp3) is 0.240. The summed E-state index contributed by atoms with van der Waals surface area (Å²) in [6.07, 6.45) is 0. The Kier molecular flexibility index (Phi) is 5.49. The van der Waals surface area contributed by atoms with Crippen LogP contribution in [0.5, 0.6) is 0 Å². The van der Waals surface area contributed by atoms with Gasteiger partial charge < -0.3 is 4.42 Å². The average Bonchev–Trinajstić information content (AvgIpc) is 3.20. The van der Waals surface area contributed by atoms with Crippen molar-refractivity contribution in [2.75, 3.05) is 26.2 Å². The largest absolute Gasteiger partial charge is 0.439 e. The van der Waals surface area contributed by atoms with Crippen LogP contribution in [0.4, 0.5) is 8.78 Å². The van der Waals surface area contributed by atoms with Gasteiger partial charge in [0.1, 0.15) is 17.2 Å². The molecule has 3 aromatic carbocycles. The van der Waals surface area contributed by atoms with Crippen molar-refractivity contribution in [1.29, 1.82) is 0 Å². The first kappa shape index (κ1) is 19.8. The average molecular weight is 419 g/mol. The van der Waals surface area contributed by atoms with E-state index in [9.17, 15) is 8.78 Å². The van der Waals surface area contributed by atoms with Gasteiger partial charge >= 0.3 is 0 Å². The molecule has 0 aliphatic carbocycles. The van der Waals surface area contributed by atoms with Crippen LogP contribution in [0.2, 0.25) is 0 Å². The summed E-state index contributed by atoms with van der Waals surface area (Å²) in [4.78, 5) is 9.27. The van der Waals surface area contributed by atoms with Crippen LogP contribution in [0.1, 0.15) is 23.1 Å². The SMILES string of the molecule is Fc1ccc(C(c2ccc(F)cc2)N2CCN(Cc3nc4ccccc4o3)CC2)cc1. The number of aromatic nitrogens is 1. The lowest BCUT2D eigenvalue weighted by atomic mass is 9.96. The Labute approximate surface area is 179 Å². The highest BCUT2D eigenvalue weighted by atomic mass is 19.1. The predicted octanol–water partition coefficient (Wildman–Crippen LogP) is 5.01. The molecular weight excluding hydrogens is 396 g/mol. The van der Waals surface area contributed by atoms with Gasteiger partial charge in [0, 0.05) is 26.2 Å². The molecule has 1 aromatic heterocycles. The number of para-hydroxylation sites is 2. The highest BCUT2D eigenvalue weighted by Gasteiger charge is 2.27. The Balaban J connectivity index is 1.32. The van der Waals surface area contributed by atoms with Crippen molar-refractivity contribution in [3.63, 3.8) is 0 Å². The monoisotopic (exact) mass is 419 g/mol. The topological polar surface area (TPSA) is 32.5 Å². The van der Waals surface area contributed by atoms with Gasteiger partial charge in [-0.05, 0) is 47.5 Å². The molecule has 4 aromatic rings. The number of rotatable bonds is 5. The molecule has 1 fully saturated rings. The van der Waals surface area contributed by atoms with Crippen molar-refractivity contribution < 1.29 is 13.2 Å². The van der Waals surface area contributed by atoms with Crippen LogP contribution in [0.25, 0.3) is 11.1 Å². The number of halogens is 2. The van der Waals surface area contributed by atoms with Crippen LogP contribution in [0.15, 0.2) is 77.2 Å². The molecule has 0 amide bonds. The molecule has 4 nitrogen and oxygen atoms in total. The fourth-order valence-corrected chi connectivity index (χ4v) is 4.26. The Bertz CT molecular complexity index is 1070. The molecule has 2 heterocycles. The molecule has 0 N–H and O–H groups in total. The summed E-state index contributed by atoms with van der Waals surface area (Å²) in [6, 6.07) is 20.9. The number of fused-ring (bicyclic) bond motifs is 1. The smallest absolute Gasteiger partial charge is 0.209 e. The molecule has 0 atom stereocenters. The van der Waals surface area contributed by atoms with Crippen molar-refractivity contribution >= 4 is 11.1 Å². The normalized spacial score (nSPS) is 15.7. The van der Waals surface area contributed by atoms with Crippen molar-refractivity contribution in [3.8, 4) is 0 Å². The molecule has 0 bridgehead atoms. The summed E-state index contributed by atoms with van der Waals surface area (Å²) in [7, 11) is 0. The molecule has 1 saturated heterocycles. The van der Waals surface area contributed by atoms with E-state index in [1.165, 1.54) is 24.3 Å². The van der Waals surface area contributed by atoms with Crippen LogP contribution >= 0.6 is 0 Å². The van der Waals surface area contributed by atoms with Crippen LogP contribution in [-0.4, -0.2) is 41.0 Å². The third-order valence-electron chi connectivity index (χ3n) is 5.84. The molecule has 0 unspecified atom stereocenters. The number of hydrogen-bond donors (Lipinski definition) is 0. The second-order valence-electron chi connectivity index (χ2n) is 7.89. The number of nitrogens with zero attached hydrogens (tertiary/aromatic N) is 3. The predicted molar refractivity (Wildman–Crippen MR) is 116 cm³/mol. The van der Waals surface area contributed by atoms with E-state index in [0.717, 1.165) is 54.3 Å². The summed E-state index contributed by atoms with van der Waals surface area (Å²) in [5.41, 5.74) is 3.69. The summed E-state index contributed by atoms with van der Waals surface area (Å²) < 4.78 is 32.9. The zero-order chi connectivity index (χ0) is 21.2. The lowest BCUT2D eigenvalue weighted by Gasteiger charge is -2.39. The molecule has 158 valence electrons. The molecule has 1 aliphatic heterocycles. The molecule has 0 spiro atoms. The van der Waals surface area contributed by atoms with E-state index in [-0.39, 0.29) is 17.7 Å². The van der Waals surface area contributed by atoms with E-state index in [2.05, 4.69) is 14.8 Å². The van der Waals surface area contributed by atoms with Gasteiger partial charge in [0.2, 0.25) is 5.89 Å². The van der Waals surface area contributed by atoms with Gasteiger partial charge in [-0.25, -0.2) is 13.8 Å². The van der Waals surface area contributed by atoms with Gasteiger partial charge in [0.05, 0.1) is 12.6 Å². The Morgan fingerprint density at radius 2 is 1.35 bits per heavy atom. The first-order chi connectivity index (χ1) is 15.2. The number of benzene rings is 3. The third-order valence-corrected chi connectivity index (χ3v) is 5.84. The number of hydrogen-bond acceptors (Lipinski definition) is 4. The van der Waals surface area contributed by atoms with E-state index in [0.29, 0.717) is 6.54 Å². The lowest BCUT2D eigenvalue weighted by molar-refractivity contribution is 0.0989. The molecule has 5 rings (SSSR count). The molecule has 1 aliphatic rings. The number of oxazole rings is 1. The summed E-state index contributed by atoms with van der Waals surface area (Å²) >= 11 is 0.